The molecule has 0 aliphatic heterocycles. The van der Waals surface area contributed by atoms with Crippen LogP contribution in [0.1, 0.15) is 22.2 Å². The number of halogens is 2. The quantitative estimate of drug-likeness (QED) is 0.633. The van der Waals surface area contributed by atoms with Crippen LogP contribution in [0.3, 0.4) is 0 Å². The molecule has 3 rings (SSSR count). The van der Waals surface area contributed by atoms with Gasteiger partial charge < -0.3 is 19.4 Å². The second-order valence-electron chi connectivity index (χ2n) is 6.58. The minimum Gasteiger partial charge on any atom is -0.497 e. The fourth-order valence-corrected chi connectivity index (χ4v) is 3.11. The lowest BCUT2D eigenvalue weighted by Gasteiger charge is -2.25. The van der Waals surface area contributed by atoms with E-state index in [2.05, 4.69) is 5.32 Å². The monoisotopic (exact) mass is 436 g/mol. The summed E-state index contributed by atoms with van der Waals surface area (Å²) in [6.45, 7) is 0.348. The normalized spacial score (nSPS) is 11.8. The van der Waals surface area contributed by atoms with Crippen LogP contribution in [0.5, 0.6) is 5.75 Å². The van der Waals surface area contributed by atoms with Crippen LogP contribution in [-0.4, -0.2) is 38.6 Å². The predicted molar refractivity (Wildman–Crippen MR) is 116 cm³/mol. The molecule has 0 bridgehead atoms. The fourth-order valence-electron chi connectivity index (χ4n) is 2.94. The highest BCUT2D eigenvalue weighted by molar-refractivity contribution is 6.31. The summed E-state index contributed by atoms with van der Waals surface area (Å²) in [5.41, 5.74) is 1.04. The Morgan fingerprint density at radius 1 is 1.17 bits per heavy atom. The zero-order chi connectivity index (χ0) is 20.3. The maximum atomic E-state index is 12.6. The van der Waals surface area contributed by atoms with Crippen molar-refractivity contribution in [2.75, 3.05) is 27.7 Å². The molecule has 2 aromatic carbocycles. The van der Waals surface area contributed by atoms with Gasteiger partial charge in [-0.1, -0.05) is 23.7 Å². The van der Waals surface area contributed by atoms with Gasteiger partial charge in [0.2, 0.25) is 0 Å². The summed E-state index contributed by atoms with van der Waals surface area (Å²) < 4.78 is 10.8. The van der Waals surface area contributed by atoms with Crippen molar-refractivity contribution in [1.29, 1.82) is 0 Å². The van der Waals surface area contributed by atoms with Crippen molar-refractivity contribution in [2.45, 2.75) is 6.04 Å². The largest absolute Gasteiger partial charge is 0.497 e. The number of carbonyl (C=O) groups excluding carboxylic acids is 1. The number of nitrogens with zero attached hydrogens (tertiary/aromatic N) is 1. The molecule has 8 heteroatoms. The number of rotatable bonds is 6. The van der Waals surface area contributed by atoms with Crippen LogP contribution < -0.4 is 15.5 Å². The van der Waals surface area contributed by atoms with E-state index < -0.39 is 5.91 Å². The molecule has 154 valence electrons. The van der Waals surface area contributed by atoms with E-state index in [-0.39, 0.29) is 29.6 Å². The highest BCUT2D eigenvalue weighted by Gasteiger charge is 2.18. The van der Waals surface area contributed by atoms with Crippen molar-refractivity contribution in [3.63, 3.8) is 0 Å². The average molecular weight is 437 g/mol. The van der Waals surface area contributed by atoms with Crippen molar-refractivity contribution in [1.82, 2.24) is 10.2 Å². The maximum absolute atomic E-state index is 12.6. The standard InChI is InChI=1S/C21H21ClN2O4.ClH/c1-24(2)17(13-4-7-15(27-3)8-5-13)12-23-21(26)20-11-18(25)16-10-14(22)6-9-19(16)28-20;/h4-11,17H,12H2,1-3H3,(H,23,26);1H. The highest BCUT2D eigenvalue weighted by Crippen LogP contribution is 2.21. The lowest BCUT2D eigenvalue weighted by atomic mass is 10.1. The number of nitrogens with one attached hydrogen (secondary N) is 1. The molecule has 1 aromatic heterocycles. The summed E-state index contributed by atoms with van der Waals surface area (Å²) >= 11 is 5.91. The molecule has 29 heavy (non-hydrogen) atoms. The van der Waals surface area contributed by atoms with E-state index in [1.54, 1.807) is 19.2 Å². The SMILES string of the molecule is COc1ccc(C(CNC(=O)c2cc(=O)c3cc(Cl)ccc3o2)N(C)C)cc1.Cl. The number of hydrogen-bond donors (Lipinski definition) is 1. The van der Waals surface area contributed by atoms with Gasteiger partial charge >= 0.3 is 0 Å². The van der Waals surface area contributed by atoms with Gasteiger partial charge in [0.1, 0.15) is 11.3 Å². The molecule has 3 aromatic rings. The van der Waals surface area contributed by atoms with E-state index in [4.69, 9.17) is 20.8 Å². The molecular formula is C21H22Cl2N2O4. The van der Waals surface area contributed by atoms with Crippen LogP contribution in [0.25, 0.3) is 11.0 Å². The Kier molecular flexibility index (Phi) is 7.67. The van der Waals surface area contributed by atoms with Gasteiger partial charge in [-0.25, -0.2) is 0 Å². The van der Waals surface area contributed by atoms with E-state index in [9.17, 15) is 9.59 Å². The number of carbonyl (C=O) groups is 1. The summed E-state index contributed by atoms with van der Waals surface area (Å²) in [6, 6.07) is 13.5. The number of methoxy groups -OCH3 is 1. The van der Waals surface area contributed by atoms with E-state index in [1.807, 2.05) is 43.3 Å². The third kappa shape index (κ3) is 5.29. The number of ether oxygens (including phenoxy) is 1. The summed E-state index contributed by atoms with van der Waals surface area (Å²) in [5, 5.41) is 3.62. The second kappa shape index (κ2) is 9.78. The van der Waals surface area contributed by atoms with Crippen LogP contribution >= 0.6 is 24.0 Å². The van der Waals surface area contributed by atoms with Crippen molar-refractivity contribution < 1.29 is 13.9 Å². The van der Waals surface area contributed by atoms with Crippen LogP contribution in [0.2, 0.25) is 5.02 Å². The molecular weight excluding hydrogens is 415 g/mol. The topological polar surface area (TPSA) is 71.8 Å². The van der Waals surface area contributed by atoms with Gasteiger partial charge in [-0.2, -0.15) is 0 Å². The maximum Gasteiger partial charge on any atom is 0.287 e. The third-order valence-corrected chi connectivity index (χ3v) is 4.73. The molecule has 0 aliphatic carbocycles. The first-order valence-electron chi connectivity index (χ1n) is 8.71. The van der Waals surface area contributed by atoms with Crippen molar-refractivity contribution >= 4 is 40.9 Å². The molecule has 1 heterocycles. The smallest absolute Gasteiger partial charge is 0.287 e. The van der Waals surface area contributed by atoms with Gasteiger partial charge in [0.05, 0.1) is 18.5 Å². The molecule has 0 fully saturated rings. The van der Waals surface area contributed by atoms with E-state index in [0.29, 0.717) is 22.5 Å². The number of amides is 1. The van der Waals surface area contributed by atoms with Crippen LogP contribution in [0.4, 0.5) is 0 Å². The molecule has 0 aliphatic rings. The molecule has 6 nitrogen and oxygen atoms in total. The number of benzene rings is 2. The molecule has 0 saturated heterocycles. The Morgan fingerprint density at radius 3 is 2.48 bits per heavy atom. The third-order valence-electron chi connectivity index (χ3n) is 4.49. The molecule has 1 N–H and O–H groups in total. The van der Waals surface area contributed by atoms with Crippen molar-refractivity contribution in [3.8, 4) is 5.75 Å². The van der Waals surface area contributed by atoms with Crippen LogP contribution in [-0.2, 0) is 0 Å². The minimum atomic E-state index is -0.450. The molecule has 0 saturated carbocycles. The average Bonchev–Trinajstić information content (AvgIpc) is 2.68. The van der Waals surface area contributed by atoms with Crippen molar-refractivity contribution in [3.05, 3.63) is 75.1 Å². The molecule has 0 radical (unpaired) electrons. The highest BCUT2D eigenvalue weighted by atomic mass is 35.5. The van der Waals surface area contributed by atoms with Gasteiger partial charge in [-0.3, -0.25) is 9.59 Å². The van der Waals surface area contributed by atoms with Gasteiger partial charge in [0.25, 0.3) is 5.91 Å². The lowest BCUT2D eigenvalue weighted by Crippen LogP contribution is -2.34. The van der Waals surface area contributed by atoms with Gasteiger partial charge in [0, 0.05) is 17.6 Å². The Hall–Kier alpha value is -2.54. The zero-order valence-electron chi connectivity index (χ0n) is 16.3. The Morgan fingerprint density at radius 2 is 1.86 bits per heavy atom. The van der Waals surface area contributed by atoms with Gasteiger partial charge in [-0.05, 0) is 50.0 Å². The first-order valence-corrected chi connectivity index (χ1v) is 9.09. The molecule has 1 unspecified atom stereocenters. The van der Waals surface area contributed by atoms with E-state index in [0.717, 1.165) is 11.3 Å². The molecule has 0 spiro atoms. The van der Waals surface area contributed by atoms with E-state index in [1.165, 1.54) is 12.1 Å². The fraction of sp³-hybridized carbons (Fsp3) is 0.238. The van der Waals surface area contributed by atoms with Gasteiger partial charge in [-0.15, -0.1) is 12.4 Å². The van der Waals surface area contributed by atoms with Crippen molar-refractivity contribution in [2.24, 2.45) is 0 Å². The van der Waals surface area contributed by atoms with Crippen LogP contribution in [0, 0.1) is 0 Å². The first kappa shape index (κ1) is 22.7. The summed E-state index contributed by atoms with van der Waals surface area (Å²) in [6.07, 6.45) is 0. The first-order chi connectivity index (χ1) is 13.4. The Labute approximate surface area is 179 Å². The summed E-state index contributed by atoms with van der Waals surface area (Å²) in [5.74, 6) is 0.282. The van der Waals surface area contributed by atoms with Gasteiger partial charge in [0.15, 0.2) is 11.2 Å². The summed E-state index contributed by atoms with van der Waals surface area (Å²) in [7, 11) is 5.48. The number of fused-ring (bicyclic) bond motifs is 1. The minimum absolute atomic E-state index is 0. The lowest BCUT2D eigenvalue weighted by molar-refractivity contribution is 0.0914. The Balaban J connectivity index is 0.00000300. The number of hydrogen-bond acceptors (Lipinski definition) is 5. The molecule has 1 atom stereocenters. The second-order valence-corrected chi connectivity index (χ2v) is 7.01. The van der Waals surface area contributed by atoms with E-state index >= 15 is 0 Å². The Bertz CT molecular complexity index is 1050. The number of likely N-dealkylation sites (N-methyl/N-ethyl adjacent to an activating group) is 1. The summed E-state index contributed by atoms with van der Waals surface area (Å²) in [4.78, 5) is 26.8. The molecule has 1 amide bonds. The zero-order valence-corrected chi connectivity index (χ0v) is 17.8. The predicted octanol–water partition coefficient (Wildman–Crippen LogP) is 3.91. The van der Waals surface area contributed by atoms with Crippen LogP contribution in [0.15, 0.2) is 57.7 Å².